The van der Waals surface area contributed by atoms with Gasteiger partial charge in [-0.3, -0.25) is 0 Å². The molecule has 1 aliphatic rings. The smallest absolute Gasteiger partial charge is 0.338 e. The second kappa shape index (κ2) is 10.1. The number of esters is 1. The highest BCUT2D eigenvalue weighted by molar-refractivity contribution is 5.91. The minimum absolute atomic E-state index is 0.267. The average Bonchev–Trinajstić information content (AvgIpc) is 3.36. The molecule has 0 saturated heterocycles. The summed E-state index contributed by atoms with van der Waals surface area (Å²) in [6, 6.07) is 26.4. The number of aromatic nitrogens is 1. The molecule has 1 heterocycles. The summed E-state index contributed by atoms with van der Waals surface area (Å²) in [5, 5.41) is 0. The Bertz CT molecular complexity index is 1300. The Morgan fingerprint density at radius 3 is 2.43 bits per heavy atom. The number of carbonyl (C=O) groups excluding carboxylic acids is 1. The first-order valence-electron chi connectivity index (χ1n) is 12.1. The molecule has 5 rings (SSSR count). The number of oxazole rings is 1. The standard InChI is InChI=1S/C31H29NO3/c1-21-17-18-22(20-27(21)31(33)34-2)19-25-15-9-10-16-26(25)30-32-28(23-11-5-3-6-12-23)29(35-30)24-13-7-4-8-14-24/h3-8,11-14,16-18,20,25H,9-10,15,19H2,1-2H3. The minimum Gasteiger partial charge on any atom is -0.465 e. The number of ether oxygens (including phenoxy) is 1. The van der Waals surface area contributed by atoms with Crippen molar-refractivity contribution in [3.8, 4) is 22.6 Å². The predicted octanol–water partition coefficient (Wildman–Crippen LogP) is 7.53. The number of hydrogen-bond acceptors (Lipinski definition) is 4. The van der Waals surface area contributed by atoms with Crippen LogP contribution in [-0.2, 0) is 11.2 Å². The van der Waals surface area contributed by atoms with Crippen LogP contribution in [0.3, 0.4) is 0 Å². The second-order valence-corrected chi connectivity index (χ2v) is 9.06. The first-order chi connectivity index (χ1) is 17.1. The summed E-state index contributed by atoms with van der Waals surface area (Å²) in [5.74, 6) is 1.45. The fraction of sp³-hybridized carbons (Fsp3) is 0.226. The number of nitrogens with zero attached hydrogens (tertiary/aromatic N) is 1. The van der Waals surface area contributed by atoms with Gasteiger partial charge in [0.15, 0.2) is 5.76 Å². The van der Waals surface area contributed by atoms with Crippen molar-refractivity contribution in [3.05, 3.63) is 108 Å². The summed E-state index contributed by atoms with van der Waals surface area (Å²) in [6.07, 6.45) is 6.29. The number of hydrogen-bond donors (Lipinski definition) is 0. The van der Waals surface area contributed by atoms with Gasteiger partial charge in [-0.25, -0.2) is 9.78 Å². The van der Waals surface area contributed by atoms with Crippen molar-refractivity contribution in [2.24, 2.45) is 5.92 Å². The van der Waals surface area contributed by atoms with E-state index in [1.54, 1.807) is 0 Å². The molecule has 35 heavy (non-hydrogen) atoms. The summed E-state index contributed by atoms with van der Waals surface area (Å²) < 4.78 is 11.5. The van der Waals surface area contributed by atoms with Crippen LogP contribution in [0.15, 0.2) is 89.4 Å². The van der Waals surface area contributed by atoms with Crippen LogP contribution in [0.1, 0.15) is 46.6 Å². The van der Waals surface area contributed by atoms with Gasteiger partial charge in [0.2, 0.25) is 5.89 Å². The number of methoxy groups -OCH3 is 1. The van der Waals surface area contributed by atoms with Crippen molar-refractivity contribution in [1.82, 2.24) is 4.98 Å². The molecular formula is C31H29NO3. The van der Waals surface area contributed by atoms with Gasteiger partial charge in [-0.05, 0) is 55.7 Å². The van der Waals surface area contributed by atoms with E-state index in [1.165, 1.54) is 7.11 Å². The third kappa shape index (κ3) is 4.83. The minimum atomic E-state index is -0.295. The summed E-state index contributed by atoms with van der Waals surface area (Å²) in [6.45, 7) is 1.94. The average molecular weight is 464 g/mol. The molecule has 4 aromatic rings. The van der Waals surface area contributed by atoms with E-state index in [0.29, 0.717) is 11.5 Å². The lowest BCUT2D eigenvalue weighted by Gasteiger charge is -2.23. The Hall–Kier alpha value is -3.92. The summed E-state index contributed by atoms with van der Waals surface area (Å²) in [5.41, 5.74) is 6.73. The first-order valence-corrected chi connectivity index (χ1v) is 12.1. The fourth-order valence-electron chi connectivity index (χ4n) is 4.85. The fourth-order valence-corrected chi connectivity index (χ4v) is 4.85. The van der Waals surface area contributed by atoms with E-state index in [1.807, 2.05) is 55.5 Å². The first kappa shape index (κ1) is 22.9. The van der Waals surface area contributed by atoms with Crippen molar-refractivity contribution in [1.29, 1.82) is 0 Å². The third-order valence-electron chi connectivity index (χ3n) is 6.71. The van der Waals surface area contributed by atoms with E-state index in [-0.39, 0.29) is 11.9 Å². The molecule has 176 valence electrons. The monoisotopic (exact) mass is 463 g/mol. The van der Waals surface area contributed by atoms with Gasteiger partial charge in [-0.2, -0.15) is 0 Å². The molecule has 1 aromatic heterocycles. The molecule has 1 unspecified atom stereocenters. The molecule has 4 heteroatoms. The van der Waals surface area contributed by atoms with Crippen molar-refractivity contribution in [3.63, 3.8) is 0 Å². The molecule has 0 amide bonds. The van der Waals surface area contributed by atoms with E-state index in [9.17, 15) is 4.79 Å². The molecule has 0 bridgehead atoms. The topological polar surface area (TPSA) is 52.3 Å². The number of benzene rings is 3. The number of rotatable bonds is 6. The van der Waals surface area contributed by atoms with Crippen LogP contribution < -0.4 is 0 Å². The Morgan fingerprint density at radius 1 is 1.00 bits per heavy atom. The molecule has 0 aliphatic heterocycles. The molecular weight excluding hydrogens is 434 g/mol. The van der Waals surface area contributed by atoms with Crippen LogP contribution in [0.25, 0.3) is 28.2 Å². The van der Waals surface area contributed by atoms with Gasteiger partial charge in [0.25, 0.3) is 0 Å². The summed E-state index contributed by atoms with van der Waals surface area (Å²) in [4.78, 5) is 17.3. The summed E-state index contributed by atoms with van der Waals surface area (Å²) >= 11 is 0. The Balaban J connectivity index is 1.52. The Morgan fingerprint density at radius 2 is 1.71 bits per heavy atom. The largest absolute Gasteiger partial charge is 0.465 e. The third-order valence-corrected chi connectivity index (χ3v) is 6.71. The maximum Gasteiger partial charge on any atom is 0.338 e. The van der Waals surface area contributed by atoms with Crippen molar-refractivity contribution in [2.75, 3.05) is 7.11 Å². The van der Waals surface area contributed by atoms with E-state index in [0.717, 1.165) is 65.0 Å². The van der Waals surface area contributed by atoms with Crippen LogP contribution in [0.5, 0.6) is 0 Å². The molecule has 1 aliphatic carbocycles. The highest BCUT2D eigenvalue weighted by Crippen LogP contribution is 2.40. The molecule has 3 aromatic carbocycles. The van der Waals surface area contributed by atoms with Gasteiger partial charge in [0.1, 0.15) is 5.69 Å². The van der Waals surface area contributed by atoms with Gasteiger partial charge >= 0.3 is 5.97 Å². The normalized spacial score (nSPS) is 15.5. The molecule has 4 nitrogen and oxygen atoms in total. The lowest BCUT2D eigenvalue weighted by atomic mass is 9.82. The van der Waals surface area contributed by atoms with E-state index in [4.69, 9.17) is 14.1 Å². The van der Waals surface area contributed by atoms with Crippen LogP contribution in [0.2, 0.25) is 0 Å². The molecule has 0 radical (unpaired) electrons. The van der Waals surface area contributed by atoms with Crippen LogP contribution in [0.4, 0.5) is 0 Å². The lowest BCUT2D eigenvalue weighted by Crippen LogP contribution is -2.12. The van der Waals surface area contributed by atoms with Crippen molar-refractivity contribution < 1.29 is 13.9 Å². The van der Waals surface area contributed by atoms with Gasteiger partial charge in [0.05, 0.1) is 12.7 Å². The van der Waals surface area contributed by atoms with Crippen LogP contribution in [0, 0.1) is 12.8 Å². The molecule has 0 spiro atoms. The highest BCUT2D eigenvalue weighted by Gasteiger charge is 2.26. The number of carbonyl (C=O) groups is 1. The molecule has 0 N–H and O–H groups in total. The van der Waals surface area contributed by atoms with Gasteiger partial charge in [0, 0.05) is 16.7 Å². The molecule has 0 fully saturated rings. The van der Waals surface area contributed by atoms with E-state index < -0.39 is 0 Å². The zero-order chi connectivity index (χ0) is 24.2. The van der Waals surface area contributed by atoms with Gasteiger partial charge in [-0.15, -0.1) is 0 Å². The second-order valence-electron chi connectivity index (χ2n) is 9.06. The SMILES string of the molecule is COC(=O)c1cc(CC2CCCC=C2c2nc(-c3ccccc3)c(-c3ccccc3)o2)ccc1C. The Kier molecular flexibility index (Phi) is 6.62. The number of allylic oxidation sites excluding steroid dienone is 2. The van der Waals surface area contributed by atoms with E-state index in [2.05, 4.69) is 36.4 Å². The van der Waals surface area contributed by atoms with Crippen LogP contribution in [-0.4, -0.2) is 18.1 Å². The zero-order valence-electron chi connectivity index (χ0n) is 20.2. The molecule has 0 saturated carbocycles. The highest BCUT2D eigenvalue weighted by atomic mass is 16.5. The molecule has 1 atom stereocenters. The predicted molar refractivity (Wildman–Crippen MR) is 139 cm³/mol. The van der Waals surface area contributed by atoms with Gasteiger partial charge in [-0.1, -0.05) is 78.9 Å². The van der Waals surface area contributed by atoms with Crippen molar-refractivity contribution >= 4 is 11.5 Å². The van der Waals surface area contributed by atoms with Crippen LogP contribution >= 0.6 is 0 Å². The quantitative estimate of drug-likeness (QED) is 0.277. The zero-order valence-corrected chi connectivity index (χ0v) is 20.2. The van der Waals surface area contributed by atoms with Gasteiger partial charge < -0.3 is 9.15 Å². The van der Waals surface area contributed by atoms with Crippen molar-refractivity contribution in [2.45, 2.75) is 32.6 Å². The maximum atomic E-state index is 12.2. The maximum absolute atomic E-state index is 12.2. The number of aryl methyl sites for hydroxylation is 1. The Labute approximate surface area is 206 Å². The van der Waals surface area contributed by atoms with E-state index >= 15 is 0 Å². The summed E-state index contributed by atoms with van der Waals surface area (Å²) in [7, 11) is 1.42. The lowest BCUT2D eigenvalue weighted by molar-refractivity contribution is 0.0599.